The minimum Gasteiger partial charge on any atom is -0.453 e. The van der Waals surface area contributed by atoms with Gasteiger partial charge in [-0.15, -0.1) is 0 Å². The summed E-state index contributed by atoms with van der Waals surface area (Å²) >= 11 is 6.53. The molecule has 3 saturated heterocycles. The van der Waals surface area contributed by atoms with Gasteiger partial charge in [0.05, 0.1) is 23.4 Å². The Morgan fingerprint density at radius 3 is 2.36 bits per heavy atom. The summed E-state index contributed by atoms with van der Waals surface area (Å²) in [6.07, 6.45) is 2.08. The van der Waals surface area contributed by atoms with Crippen LogP contribution >= 0.6 is 11.6 Å². The number of fused-ring (bicyclic) bond motifs is 1. The van der Waals surface area contributed by atoms with Crippen LogP contribution in [-0.2, 0) is 16.6 Å². The highest BCUT2D eigenvalue weighted by molar-refractivity contribution is 6.32. The second kappa shape index (κ2) is 14.9. The number of carbonyl (C=O) groups excluding carboxylic acids is 2. The van der Waals surface area contributed by atoms with E-state index in [1.807, 2.05) is 56.6 Å². The fourth-order valence-electron chi connectivity index (χ4n) is 8.41. The molecule has 0 saturated carbocycles. The van der Waals surface area contributed by atoms with Gasteiger partial charge < -0.3 is 14.6 Å². The van der Waals surface area contributed by atoms with Gasteiger partial charge in [-0.05, 0) is 92.8 Å². The van der Waals surface area contributed by atoms with E-state index in [2.05, 4.69) is 30.3 Å². The number of alkyl halides is 3. The second-order valence-electron chi connectivity index (χ2n) is 15.0. The summed E-state index contributed by atoms with van der Waals surface area (Å²) in [5.74, 6) is 0.540. The number of rotatable bonds is 8. The lowest BCUT2D eigenvalue weighted by molar-refractivity contribution is -0.194. The quantitative estimate of drug-likeness (QED) is 0.154. The molecule has 3 aliphatic heterocycles. The highest BCUT2D eigenvalue weighted by atomic mass is 35.5. The van der Waals surface area contributed by atoms with Crippen molar-refractivity contribution < 1.29 is 27.5 Å². The average molecular weight is 775 g/mol. The Hall–Kier alpha value is -4.95. The van der Waals surface area contributed by atoms with E-state index in [0.29, 0.717) is 65.9 Å². The number of nitrogens with one attached hydrogen (secondary N) is 2. The number of likely N-dealkylation sites (tertiary alicyclic amines) is 1. The van der Waals surface area contributed by atoms with Crippen molar-refractivity contribution in [1.29, 1.82) is 0 Å². The van der Waals surface area contributed by atoms with E-state index in [1.54, 1.807) is 21.7 Å². The molecule has 0 radical (unpaired) electrons. The number of aromatic nitrogens is 5. The summed E-state index contributed by atoms with van der Waals surface area (Å²) in [7, 11) is 1.84. The third-order valence-electron chi connectivity index (χ3n) is 11.4. The number of benzene rings is 2. The van der Waals surface area contributed by atoms with Crippen molar-refractivity contribution in [3.05, 3.63) is 82.8 Å². The van der Waals surface area contributed by atoms with Gasteiger partial charge in [0.2, 0.25) is 11.8 Å². The zero-order valence-corrected chi connectivity index (χ0v) is 31.3. The first kappa shape index (κ1) is 37.0. The monoisotopic (exact) mass is 774 g/mol. The number of halogens is 4. The summed E-state index contributed by atoms with van der Waals surface area (Å²) in [5.41, 5.74) is 5.35. The van der Waals surface area contributed by atoms with Gasteiger partial charge in [0.15, 0.2) is 11.4 Å². The Morgan fingerprint density at radius 1 is 0.964 bits per heavy atom. The number of imidazole rings is 1. The molecule has 0 bridgehead atoms. The van der Waals surface area contributed by atoms with E-state index in [4.69, 9.17) is 16.3 Å². The molecular weight excluding hydrogens is 733 g/mol. The van der Waals surface area contributed by atoms with Gasteiger partial charge in [-0.1, -0.05) is 35.9 Å². The molecule has 3 aliphatic rings. The number of pyridine rings is 1. The molecule has 3 atom stereocenters. The summed E-state index contributed by atoms with van der Waals surface area (Å²) in [6, 6.07) is 13.6. The lowest BCUT2D eigenvalue weighted by atomic mass is 9.84. The van der Waals surface area contributed by atoms with Crippen molar-refractivity contribution >= 4 is 40.3 Å². The topological polar surface area (TPSA) is 121 Å². The molecule has 0 spiro atoms. The summed E-state index contributed by atoms with van der Waals surface area (Å²) < 4.78 is 51.7. The summed E-state index contributed by atoms with van der Waals surface area (Å²) in [4.78, 5) is 39.9. The third-order valence-corrected chi connectivity index (χ3v) is 11.6. The van der Waals surface area contributed by atoms with Gasteiger partial charge in [0.25, 0.3) is 0 Å². The smallest absolute Gasteiger partial charge is 0.404 e. The van der Waals surface area contributed by atoms with Crippen molar-refractivity contribution in [1.82, 2.24) is 34.9 Å². The second-order valence-corrected chi connectivity index (χ2v) is 15.4. The van der Waals surface area contributed by atoms with Gasteiger partial charge in [-0.25, -0.2) is 9.97 Å². The number of H-pyrrole nitrogens is 1. The van der Waals surface area contributed by atoms with Crippen LogP contribution < -0.4 is 15.0 Å². The molecule has 2 amide bonds. The fraction of sp³-hybridized carbons (Fsp3) is 0.425. The fourth-order valence-corrected chi connectivity index (χ4v) is 8.59. The maximum absolute atomic E-state index is 14.6. The summed E-state index contributed by atoms with van der Waals surface area (Å²) in [6.45, 7) is 4.20. The highest BCUT2D eigenvalue weighted by Gasteiger charge is 2.47. The van der Waals surface area contributed by atoms with Crippen LogP contribution in [0.3, 0.4) is 0 Å². The molecule has 15 heteroatoms. The number of hydrogen-bond acceptors (Lipinski definition) is 8. The number of amides is 2. The summed E-state index contributed by atoms with van der Waals surface area (Å²) in [5, 5.41) is 7.09. The molecule has 8 rings (SSSR count). The van der Waals surface area contributed by atoms with Gasteiger partial charge in [-0.2, -0.15) is 18.3 Å². The maximum atomic E-state index is 14.6. The van der Waals surface area contributed by atoms with Crippen LogP contribution in [0.4, 0.5) is 18.9 Å². The predicted molar refractivity (Wildman–Crippen MR) is 202 cm³/mol. The highest BCUT2D eigenvalue weighted by Crippen LogP contribution is 2.41. The Labute approximate surface area is 321 Å². The minimum atomic E-state index is -4.34. The van der Waals surface area contributed by atoms with Gasteiger partial charge in [0.1, 0.15) is 28.2 Å². The van der Waals surface area contributed by atoms with E-state index in [9.17, 15) is 22.8 Å². The standard InChI is InChI=1S/C40H42ClF3N8O3/c1-23-31(22-50(2)49-23)37-47-35-36(32(41)20-45-38(35)48-37)55-29-9-5-25(6-10-29)27-15-18-52(33(19-27)40(42,43)44)21-24-13-16-51(17-14-24)28-7-3-26(4-8-28)30-11-12-34(53)46-39(30)54/h3-10,20,22,24,27,30,33H,11-19,21H2,1-2H3,(H,45,47,48)(H,46,53,54)/t27?,30-,33?/m1/s1. The van der Waals surface area contributed by atoms with Crippen LogP contribution in [0, 0.1) is 12.8 Å². The molecule has 55 heavy (non-hydrogen) atoms. The van der Waals surface area contributed by atoms with Crippen molar-refractivity contribution in [3.63, 3.8) is 0 Å². The lowest BCUT2D eigenvalue weighted by Crippen LogP contribution is -2.52. The number of carbonyl (C=O) groups is 2. The van der Waals surface area contributed by atoms with Crippen LogP contribution in [0.15, 0.2) is 60.9 Å². The van der Waals surface area contributed by atoms with Gasteiger partial charge >= 0.3 is 6.18 Å². The Morgan fingerprint density at radius 2 is 1.69 bits per heavy atom. The Kier molecular flexibility index (Phi) is 10.1. The molecule has 2 unspecified atom stereocenters. The molecular formula is C40H42ClF3N8O3. The third kappa shape index (κ3) is 7.79. The predicted octanol–water partition coefficient (Wildman–Crippen LogP) is 7.66. The zero-order valence-electron chi connectivity index (χ0n) is 30.6. The molecule has 6 heterocycles. The van der Waals surface area contributed by atoms with Crippen LogP contribution in [-0.4, -0.2) is 79.8 Å². The number of ether oxygens (including phenoxy) is 1. The van der Waals surface area contributed by atoms with Crippen LogP contribution in [0.5, 0.6) is 11.5 Å². The van der Waals surface area contributed by atoms with Crippen molar-refractivity contribution in [3.8, 4) is 22.9 Å². The first-order valence-corrected chi connectivity index (χ1v) is 19.1. The molecule has 288 valence electrons. The van der Waals surface area contributed by atoms with Crippen LogP contribution in [0.1, 0.15) is 67.2 Å². The number of hydrogen-bond donors (Lipinski definition) is 2. The number of anilines is 1. The molecule has 2 N–H and O–H groups in total. The molecule has 11 nitrogen and oxygen atoms in total. The molecule has 3 aromatic heterocycles. The van der Waals surface area contributed by atoms with Crippen LogP contribution in [0.2, 0.25) is 5.02 Å². The van der Waals surface area contributed by atoms with Crippen molar-refractivity contribution in [2.45, 2.75) is 69.5 Å². The van der Waals surface area contributed by atoms with E-state index in [0.717, 1.165) is 54.0 Å². The van der Waals surface area contributed by atoms with Crippen molar-refractivity contribution in [2.24, 2.45) is 13.0 Å². The van der Waals surface area contributed by atoms with E-state index < -0.39 is 12.2 Å². The molecule has 0 aliphatic carbocycles. The normalized spacial score (nSPS) is 21.6. The largest absolute Gasteiger partial charge is 0.453 e. The van der Waals surface area contributed by atoms with Gasteiger partial charge in [0, 0.05) is 45.0 Å². The van der Waals surface area contributed by atoms with Gasteiger partial charge in [-0.3, -0.25) is 24.5 Å². The lowest BCUT2D eigenvalue weighted by Gasteiger charge is -2.43. The molecule has 2 aromatic carbocycles. The first-order valence-electron chi connectivity index (χ1n) is 18.7. The zero-order chi connectivity index (χ0) is 38.4. The number of aromatic amines is 1. The van der Waals surface area contributed by atoms with E-state index in [1.165, 1.54) is 6.20 Å². The molecule has 3 fully saturated rings. The number of nitrogens with zero attached hydrogens (tertiary/aromatic N) is 6. The van der Waals surface area contributed by atoms with Crippen molar-refractivity contribution in [2.75, 3.05) is 31.1 Å². The van der Waals surface area contributed by atoms with Crippen LogP contribution in [0.25, 0.3) is 22.6 Å². The molecule has 5 aromatic rings. The maximum Gasteiger partial charge on any atom is 0.404 e. The Balaban J connectivity index is 0.880. The number of aryl methyl sites for hydroxylation is 2. The number of piperidine rings is 3. The van der Waals surface area contributed by atoms with E-state index in [-0.39, 0.29) is 36.0 Å². The minimum absolute atomic E-state index is 0.00353. The first-order chi connectivity index (χ1) is 26.4. The average Bonchev–Trinajstić information content (AvgIpc) is 3.75. The van der Waals surface area contributed by atoms with E-state index >= 15 is 0 Å². The SMILES string of the molecule is Cc1nn(C)cc1-c1nc2ncc(Cl)c(Oc3ccc(C4CCN(CC5CCN(c6ccc([C@H]7CCC(=O)NC7=O)cc6)CC5)C(C(F)(F)F)C4)cc3)c2[nH]1. The number of imide groups is 1. The Bertz CT molecular complexity index is 2200.